The van der Waals surface area contributed by atoms with Gasteiger partial charge < -0.3 is 16.0 Å². The molecule has 0 bridgehead atoms. The van der Waals surface area contributed by atoms with E-state index in [1.807, 2.05) is 0 Å². The van der Waals surface area contributed by atoms with Crippen LogP contribution in [0.4, 0.5) is 11.4 Å². The van der Waals surface area contributed by atoms with Crippen LogP contribution in [-0.2, 0) is 9.59 Å². The van der Waals surface area contributed by atoms with E-state index in [4.69, 9.17) is 5.73 Å². The molecule has 0 saturated carbocycles. The summed E-state index contributed by atoms with van der Waals surface area (Å²) in [6.07, 6.45) is 1.33. The van der Waals surface area contributed by atoms with Crippen molar-refractivity contribution in [1.29, 1.82) is 0 Å². The topological polar surface area (TPSA) is 119 Å². The molecule has 1 saturated heterocycles. The Morgan fingerprint density at radius 1 is 1.39 bits per heavy atom. The van der Waals surface area contributed by atoms with Crippen molar-refractivity contribution in [3.8, 4) is 0 Å². The zero-order valence-electron chi connectivity index (χ0n) is 12.6. The molecule has 1 aromatic carbocycles. The van der Waals surface area contributed by atoms with Gasteiger partial charge in [-0.1, -0.05) is 0 Å². The van der Waals surface area contributed by atoms with E-state index in [0.717, 1.165) is 6.42 Å². The normalized spacial score (nSPS) is 18.0. The molecule has 126 valence electrons. The Bertz CT molecular complexity index is 591. The molecule has 0 unspecified atom stereocenters. The summed E-state index contributed by atoms with van der Waals surface area (Å²) < 4.78 is 0. The maximum Gasteiger partial charge on any atom is 0.269 e. The SMILES string of the molecule is C[C@H](N)C(=O)N1CCC[C@H]1C(=O)Nc1ccc([N+](=O)[O-])cc1.Cl. The minimum absolute atomic E-state index is 0. The van der Waals surface area contributed by atoms with Gasteiger partial charge in [-0.25, -0.2) is 0 Å². The zero-order valence-corrected chi connectivity index (χ0v) is 13.4. The highest BCUT2D eigenvalue weighted by atomic mass is 35.5. The molecule has 1 aromatic rings. The van der Waals surface area contributed by atoms with Gasteiger partial charge in [-0.3, -0.25) is 19.7 Å². The molecular weight excluding hydrogens is 324 g/mol. The van der Waals surface area contributed by atoms with Crippen molar-refractivity contribution in [2.24, 2.45) is 5.73 Å². The first kappa shape index (κ1) is 18.9. The lowest BCUT2D eigenvalue weighted by atomic mass is 10.2. The number of likely N-dealkylation sites (tertiary alicyclic amines) is 1. The first-order valence-corrected chi connectivity index (χ1v) is 7.01. The van der Waals surface area contributed by atoms with Gasteiger partial charge in [0.1, 0.15) is 6.04 Å². The number of halogens is 1. The Labute approximate surface area is 139 Å². The molecule has 2 atom stereocenters. The smallest absolute Gasteiger partial charge is 0.269 e. The van der Waals surface area contributed by atoms with Crippen LogP contribution in [0.3, 0.4) is 0 Å². The number of amides is 2. The Morgan fingerprint density at radius 3 is 2.52 bits per heavy atom. The molecule has 3 N–H and O–H groups in total. The summed E-state index contributed by atoms with van der Waals surface area (Å²) in [6.45, 7) is 2.10. The highest BCUT2D eigenvalue weighted by Crippen LogP contribution is 2.21. The molecule has 2 rings (SSSR count). The lowest BCUT2D eigenvalue weighted by Crippen LogP contribution is -2.48. The molecule has 9 heteroatoms. The molecule has 1 fully saturated rings. The summed E-state index contributed by atoms with van der Waals surface area (Å²) in [4.78, 5) is 35.8. The number of non-ortho nitro benzene ring substituents is 1. The van der Waals surface area contributed by atoms with Crippen LogP contribution >= 0.6 is 12.4 Å². The van der Waals surface area contributed by atoms with Crippen LogP contribution in [0.25, 0.3) is 0 Å². The van der Waals surface area contributed by atoms with Gasteiger partial charge in [0.15, 0.2) is 0 Å². The molecule has 0 aromatic heterocycles. The number of nitro groups is 1. The highest BCUT2D eigenvalue weighted by Gasteiger charge is 2.35. The van der Waals surface area contributed by atoms with Crippen LogP contribution in [-0.4, -0.2) is 40.3 Å². The fourth-order valence-corrected chi connectivity index (χ4v) is 2.46. The number of hydrogen-bond acceptors (Lipinski definition) is 5. The molecule has 1 heterocycles. The maximum atomic E-state index is 12.3. The molecule has 8 nitrogen and oxygen atoms in total. The lowest BCUT2D eigenvalue weighted by molar-refractivity contribution is -0.384. The first-order chi connectivity index (χ1) is 10.4. The van der Waals surface area contributed by atoms with Crippen LogP contribution < -0.4 is 11.1 Å². The predicted molar refractivity (Wildman–Crippen MR) is 87.4 cm³/mol. The van der Waals surface area contributed by atoms with Crippen LogP contribution in [0.15, 0.2) is 24.3 Å². The Hall–Kier alpha value is -2.19. The van der Waals surface area contributed by atoms with Crippen molar-refractivity contribution in [1.82, 2.24) is 4.90 Å². The van der Waals surface area contributed by atoms with E-state index in [-0.39, 0.29) is 29.9 Å². The van der Waals surface area contributed by atoms with Crippen molar-refractivity contribution < 1.29 is 14.5 Å². The fourth-order valence-electron chi connectivity index (χ4n) is 2.46. The van der Waals surface area contributed by atoms with E-state index in [2.05, 4.69) is 5.32 Å². The molecule has 0 aliphatic carbocycles. The average molecular weight is 343 g/mol. The van der Waals surface area contributed by atoms with Crippen molar-refractivity contribution in [3.05, 3.63) is 34.4 Å². The number of rotatable bonds is 4. The van der Waals surface area contributed by atoms with Gasteiger partial charge in [0.05, 0.1) is 11.0 Å². The monoisotopic (exact) mass is 342 g/mol. The van der Waals surface area contributed by atoms with Gasteiger partial charge in [-0.15, -0.1) is 12.4 Å². The van der Waals surface area contributed by atoms with Gasteiger partial charge in [-0.05, 0) is 31.9 Å². The van der Waals surface area contributed by atoms with E-state index in [0.29, 0.717) is 18.7 Å². The Balaban J connectivity index is 0.00000264. The van der Waals surface area contributed by atoms with Gasteiger partial charge in [0.2, 0.25) is 11.8 Å². The van der Waals surface area contributed by atoms with Crippen LogP contribution in [0, 0.1) is 10.1 Å². The number of carbonyl (C=O) groups is 2. The summed E-state index contributed by atoms with van der Waals surface area (Å²) in [5.74, 6) is -0.554. The largest absolute Gasteiger partial charge is 0.329 e. The summed E-state index contributed by atoms with van der Waals surface area (Å²) in [6, 6.07) is 4.36. The number of anilines is 1. The van der Waals surface area contributed by atoms with Gasteiger partial charge in [-0.2, -0.15) is 0 Å². The van der Waals surface area contributed by atoms with Gasteiger partial charge in [0.25, 0.3) is 5.69 Å². The lowest BCUT2D eigenvalue weighted by Gasteiger charge is -2.25. The average Bonchev–Trinajstić information content (AvgIpc) is 2.96. The minimum atomic E-state index is -0.646. The highest BCUT2D eigenvalue weighted by molar-refractivity contribution is 5.98. The Morgan fingerprint density at radius 2 is 2.00 bits per heavy atom. The second kappa shape index (κ2) is 7.89. The number of carbonyl (C=O) groups excluding carboxylic acids is 2. The standard InChI is InChI=1S/C14H18N4O4.ClH/c1-9(15)14(20)17-8-2-3-12(17)13(19)16-10-4-6-11(7-5-10)18(21)22;/h4-7,9,12H,2-3,8,15H2,1H3,(H,16,19);1H/t9-,12-;/m0./s1. The van der Waals surface area contributed by atoms with Crippen molar-refractivity contribution >= 4 is 35.6 Å². The molecule has 1 aliphatic rings. The van der Waals surface area contributed by atoms with Crippen molar-refractivity contribution in [2.75, 3.05) is 11.9 Å². The first-order valence-electron chi connectivity index (χ1n) is 7.01. The van der Waals surface area contributed by atoms with Crippen molar-refractivity contribution in [2.45, 2.75) is 31.8 Å². The number of benzene rings is 1. The van der Waals surface area contributed by atoms with Crippen LogP contribution in [0.2, 0.25) is 0 Å². The number of nitrogens with one attached hydrogen (secondary N) is 1. The molecule has 0 spiro atoms. The second-order valence-corrected chi connectivity index (χ2v) is 5.27. The third kappa shape index (κ3) is 4.40. The number of nitrogens with zero attached hydrogens (tertiary/aromatic N) is 2. The molecule has 2 amide bonds. The van der Waals surface area contributed by atoms with E-state index in [9.17, 15) is 19.7 Å². The van der Waals surface area contributed by atoms with Crippen LogP contribution in [0.5, 0.6) is 0 Å². The summed E-state index contributed by atoms with van der Waals surface area (Å²) >= 11 is 0. The fraction of sp³-hybridized carbons (Fsp3) is 0.429. The quantitative estimate of drug-likeness (QED) is 0.631. The predicted octanol–water partition coefficient (Wildman–Crippen LogP) is 1.29. The number of hydrogen-bond donors (Lipinski definition) is 2. The number of nitrogens with two attached hydrogens (primary N) is 1. The summed E-state index contributed by atoms with van der Waals surface area (Å²) in [5, 5.41) is 13.3. The van der Waals surface area contributed by atoms with Gasteiger partial charge >= 0.3 is 0 Å². The third-order valence-corrected chi connectivity index (χ3v) is 3.57. The van der Waals surface area contributed by atoms with Crippen molar-refractivity contribution in [3.63, 3.8) is 0 Å². The molecule has 23 heavy (non-hydrogen) atoms. The van der Waals surface area contributed by atoms with E-state index < -0.39 is 17.0 Å². The summed E-state index contributed by atoms with van der Waals surface area (Å²) in [5.41, 5.74) is 5.99. The van der Waals surface area contributed by atoms with E-state index in [1.165, 1.54) is 29.2 Å². The van der Waals surface area contributed by atoms with E-state index >= 15 is 0 Å². The number of nitro benzene ring substituents is 1. The Kier molecular flexibility index (Phi) is 6.47. The van der Waals surface area contributed by atoms with Crippen LogP contribution in [0.1, 0.15) is 19.8 Å². The minimum Gasteiger partial charge on any atom is -0.329 e. The molecular formula is C14H19ClN4O4. The zero-order chi connectivity index (χ0) is 16.3. The molecule has 1 aliphatic heterocycles. The maximum absolute atomic E-state index is 12.3. The molecule has 0 radical (unpaired) electrons. The summed E-state index contributed by atoms with van der Waals surface area (Å²) in [7, 11) is 0. The third-order valence-electron chi connectivity index (χ3n) is 3.57. The van der Waals surface area contributed by atoms with Gasteiger partial charge in [0, 0.05) is 24.4 Å². The second-order valence-electron chi connectivity index (χ2n) is 5.27. The van der Waals surface area contributed by atoms with E-state index in [1.54, 1.807) is 6.92 Å².